The number of aliphatic hydroxyl groups excluding tert-OH is 2. The van der Waals surface area contributed by atoms with E-state index in [0.717, 1.165) is 44.4 Å². The Kier molecular flexibility index (Phi) is 32.5. The quantitative estimate of drug-likeness (QED) is 0.0327. The van der Waals surface area contributed by atoms with Crippen molar-refractivity contribution in [1.29, 1.82) is 0 Å². The first-order valence-electron chi connectivity index (χ1n) is 18.7. The Balaban J connectivity index is 3.80. The van der Waals surface area contributed by atoms with Crippen LogP contribution in [0.3, 0.4) is 0 Å². The third-order valence-electron chi connectivity index (χ3n) is 8.27. The molecule has 0 aliphatic carbocycles. The molecule has 3 atom stereocenters. The van der Waals surface area contributed by atoms with Crippen LogP contribution in [0.15, 0.2) is 48.6 Å². The maximum atomic E-state index is 12.1. The fourth-order valence-corrected chi connectivity index (χ4v) is 4.98. The Morgan fingerprint density at radius 3 is 1.93 bits per heavy atom. The first-order chi connectivity index (χ1) is 22.4. The molecule has 0 aliphatic rings. The van der Waals surface area contributed by atoms with Crippen molar-refractivity contribution in [2.24, 2.45) is 5.92 Å². The first-order valence-corrected chi connectivity index (χ1v) is 18.7. The lowest BCUT2D eigenvalue weighted by Gasteiger charge is -2.16. The summed E-state index contributed by atoms with van der Waals surface area (Å²) in [5.74, 6) is 0.0700. The van der Waals surface area contributed by atoms with E-state index in [1.807, 2.05) is 18.2 Å². The largest absolute Gasteiger partial charge is 0.462 e. The number of esters is 2. The molecule has 0 saturated carbocycles. The van der Waals surface area contributed by atoms with E-state index in [1.54, 1.807) is 6.08 Å². The van der Waals surface area contributed by atoms with Crippen molar-refractivity contribution in [3.05, 3.63) is 48.6 Å². The molecule has 2 N–H and O–H groups in total. The average molecular weight is 647 g/mol. The minimum Gasteiger partial charge on any atom is -0.462 e. The van der Waals surface area contributed by atoms with Gasteiger partial charge >= 0.3 is 11.9 Å². The molecule has 6 heteroatoms. The topological polar surface area (TPSA) is 93.1 Å². The molecule has 266 valence electrons. The van der Waals surface area contributed by atoms with Gasteiger partial charge in [0.15, 0.2) is 6.10 Å². The Morgan fingerprint density at radius 1 is 0.674 bits per heavy atom. The highest BCUT2D eigenvalue weighted by molar-refractivity contribution is 5.70. The summed E-state index contributed by atoms with van der Waals surface area (Å²) < 4.78 is 10.5. The van der Waals surface area contributed by atoms with Crippen LogP contribution in [0.5, 0.6) is 0 Å². The number of hydrogen-bond acceptors (Lipinski definition) is 6. The minimum atomic E-state index is -0.844. The number of carbonyl (C=O) groups is 2. The van der Waals surface area contributed by atoms with Gasteiger partial charge in [-0.1, -0.05) is 153 Å². The zero-order valence-electron chi connectivity index (χ0n) is 29.8. The van der Waals surface area contributed by atoms with E-state index in [1.165, 1.54) is 77.0 Å². The van der Waals surface area contributed by atoms with Gasteiger partial charge in [-0.2, -0.15) is 0 Å². The summed E-state index contributed by atoms with van der Waals surface area (Å²) in [6.07, 6.45) is 37.6. The summed E-state index contributed by atoms with van der Waals surface area (Å²) in [5, 5.41) is 19.6. The van der Waals surface area contributed by atoms with Crippen molar-refractivity contribution >= 4 is 11.9 Å². The molecular formula is C40H70O6. The summed E-state index contributed by atoms with van der Waals surface area (Å²) in [7, 11) is 0. The van der Waals surface area contributed by atoms with Gasteiger partial charge < -0.3 is 19.7 Å². The molecule has 0 radical (unpaired) electrons. The SMILES string of the molecule is CCCCC/C=C\C/C=C\C/C=C\C=C\[C@@H](O)CCCC(=O)OC[C@H](CO)OC(=O)CCCCCCCCCCCCC(C)CC. The molecule has 1 unspecified atom stereocenters. The second kappa shape index (κ2) is 34.2. The highest BCUT2D eigenvalue weighted by atomic mass is 16.6. The van der Waals surface area contributed by atoms with Crippen LogP contribution in [-0.2, 0) is 19.1 Å². The Labute approximate surface area is 282 Å². The van der Waals surface area contributed by atoms with Crippen LogP contribution in [0.1, 0.15) is 162 Å². The van der Waals surface area contributed by atoms with Crippen molar-refractivity contribution < 1.29 is 29.3 Å². The lowest BCUT2D eigenvalue weighted by molar-refractivity contribution is -0.161. The zero-order chi connectivity index (χ0) is 33.9. The van der Waals surface area contributed by atoms with Crippen LogP contribution < -0.4 is 0 Å². The van der Waals surface area contributed by atoms with E-state index < -0.39 is 18.2 Å². The van der Waals surface area contributed by atoms with Gasteiger partial charge in [-0.15, -0.1) is 0 Å². The summed E-state index contributed by atoms with van der Waals surface area (Å²) in [5.41, 5.74) is 0. The number of carbonyl (C=O) groups excluding carboxylic acids is 2. The summed E-state index contributed by atoms with van der Waals surface area (Å²) >= 11 is 0. The van der Waals surface area contributed by atoms with Crippen LogP contribution in [0.2, 0.25) is 0 Å². The monoisotopic (exact) mass is 647 g/mol. The van der Waals surface area contributed by atoms with Crippen molar-refractivity contribution in [1.82, 2.24) is 0 Å². The Hall–Kier alpha value is -2.18. The summed E-state index contributed by atoms with van der Waals surface area (Å²) in [4.78, 5) is 24.2. The molecule has 0 aromatic carbocycles. The third-order valence-corrected chi connectivity index (χ3v) is 8.27. The van der Waals surface area contributed by atoms with Crippen LogP contribution in [-0.4, -0.2) is 47.6 Å². The van der Waals surface area contributed by atoms with Crippen LogP contribution in [0.25, 0.3) is 0 Å². The van der Waals surface area contributed by atoms with Gasteiger partial charge in [-0.25, -0.2) is 0 Å². The van der Waals surface area contributed by atoms with Gasteiger partial charge in [-0.3, -0.25) is 9.59 Å². The van der Waals surface area contributed by atoms with Crippen molar-refractivity contribution in [2.75, 3.05) is 13.2 Å². The molecule has 0 fully saturated rings. The predicted molar refractivity (Wildman–Crippen MR) is 193 cm³/mol. The second-order valence-corrected chi connectivity index (χ2v) is 12.7. The molecule has 46 heavy (non-hydrogen) atoms. The molecule has 0 rings (SSSR count). The summed E-state index contributed by atoms with van der Waals surface area (Å²) in [6, 6.07) is 0. The van der Waals surface area contributed by atoms with Gasteiger partial charge in [-0.05, 0) is 50.9 Å². The van der Waals surface area contributed by atoms with E-state index >= 15 is 0 Å². The number of allylic oxidation sites excluding steroid dienone is 7. The molecule has 0 bridgehead atoms. The van der Waals surface area contributed by atoms with E-state index in [2.05, 4.69) is 45.1 Å². The fourth-order valence-electron chi connectivity index (χ4n) is 4.98. The van der Waals surface area contributed by atoms with Crippen LogP contribution in [0.4, 0.5) is 0 Å². The number of unbranched alkanes of at least 4 members (excludes halogenated alkanes) is 12. The number of rotatable bonds is 32. The van der Waals surface area contributed by atoms with Gasteiger partial charge in [0.25, 0.3) is 0 Å². The smallest absolute Gasteiger partial charge is 0.306 e. The Bertz CT molecular complexity index is 815. The van der Waals surface area contributed by atoms with Gasteiger partial charge in [0, 0.05) is 12.8 Å². The second-order valence-electron chi connectivity index (χ2n) is 12.7. The van der Waals surface area contributed by atoms with Crippen molar-refractivity contribution in [3.63, 3.8) is 0 Å². The number of aliphatic hydroxyl groups is 2. The number of ether oxygens (including phenoxy) is 2. The molecule has 0 aliphatic heterocycles. The van der Waals surface area contributed by atoms with Crippen LogP contribution >= 0.6 is 0 Å². The molecule has 0 amide bonds. The first kappa shape index (κ1) is 43.8. The van der Waals surface area contributed by atoms with E-state index in [-0.39, 0.29) is 25.6 Å². The average Bonchev–Trinajstić information content (AvgIpc) is 3.05. The fraction of sp³-hybridized carbons (Fsp3) is 0.750. The Morgan fingerprint density at radius 2 is 1.28 bits per heavy atom. The zero-order valence-corrected chi connectivity index (χ0v) is 29.8. The van der Waals surface area contributed by atoms with E-state index in [4.69, 9.17) is 9.47 Å². The standard InChI is InChI=1S/C40H70O6/c1-4-6-7-8-9-10-11-12-13-17-20-23-26-30-37(42)31-28-33-39(43)45-35-38(34-41)46-40(44)32-27-24-21-18-15-14-16-19-22-25-29-36(3)5-2/h9-10,12-13,20,23,26,30,36-38,41-42H,4-8,11,14-19,21-22,24-25,27-29,31-35H2,1-3H3/b10-9-,13-12-,23-20-,30-26+/t36?,37-,38+/m1/s1. The molecule has 0 spiro atoms. The third kappa shape index (κ3) is 31.8. The van der Waals surface area contributed by atoms with Gasteiger partial charge in [0.05, 0.1) is 12.7 Å². The highest BCUT2D eigenvalue weighted by Gasteiger charge is 2.16. The predicted octanol–water partition coefficient (Wildman–Crippen LogP) is 10.3. The normalized spacial score (nSPS) is 14.1. The van der Waals surface area contributed by atoms with Gasteiger partial charge in [0.2, 0.25) is 0 Å². The molecule has 0 saturated heterocycles. The summed E-state index contributed by atoms with van der Waals surface area (Å²) in [6.45, 7) is 6.28. The lowest BCUT2D eigenvalue weighted by atomic mass is 9.99. The number of hydrogen-bond donors (Lipinski definition) is 2. The molecule has 0 heterocycles. The lowest BCUT2D eigenvalue weighted by Crippen LogP contribution is -2.28. The van der Waals surface area contributed by atoms with Crippen molar-refractivity contribution in [3.8, 4) is 0 Å². The molecule has 0 aromatic rings. The van der Waals surface area contributed by atoms with Crippen molar-refractivity contribution in [2.45, 2.75) is 174 Å². The maximum absolute atomic E-state index is 12.1. The van der Waals surface area contributed by atoms with Gasteiger partial charge in [0.1, 0.15) is 6.61 Å². The maximum Gasteiger partial charge on any atom is 0.306 e. The van der Waals surface area contributed by atoms with E-state index in [0.29, 0.717) is 19.3 Å². The molecular weight excluding hydrogens is 576 g/mol. The minimum absolute atomic E-state index is 0.156. The van der Waals surface area contributed by atoms with E-state index in [9.17, 15) is 19.8 Å². The highest BCUT2D eigenvalue weighted by Crippen LogP contribution is 2.16. The molecule has 6 nitrogen and oxygen atoms in total. The molecule has 0 aromatic heterocycles. The van der Waals surface area contributed by atoms with Crippen LogP contribution in [0, 0.1) is 5.92 Å².